The summed E-state index contributed by atoms with van der Waals surface area (Å²) >= 11 is 0. The van der Waals surface area contributed by atoms with Gasteiger partial charge < -0.3 is 10.1 Å². The van der Waals surface area contributed by atoms with E-state index in [4.69, 9.17) is 4.74 Å². The Bertz CT molecular complexity index is 361. The molecule has 0 atom stereocenters. The van der Waals surface area contributed by atoms with Gasteiger partial charge in [0.05, 0.1) is 0 Å². The predicted molar refractivity (Wildman–Crippen MR) is 75.0 cm³/mol. The molecule has 1 aromatic carbocycles. The fraction of sp³-hybridized carbons (Fsp3) is 0.600. The molecule has 1 saturated heterocycles. The van der Waals surface area contributed by atoms with Gasteiger partial charge in [-0.2, -0.15) is 0 Å². The molecule has 2 rings (SSSR count). The Balaban J connectivity index is 1.90. The topological polar surface area (TPSA) is 24.5 Å². The van der Waals surface area contributed by atoms with Crippen LogP contribution in [-0.4, -0.2) is 36.7 Å². The Morgan fingerprint density at radius 1 is 1.11 bits per heavy atom. The van der Waals surface area contributed by atoms with Gasteiger partial charge in [0, 0.05) is 32.7 Å². The normalized spacial score (nSPS) is 17.7. The van der Waals surface area contributed by atoms with Crippen molar-refractivity contribution in [2.75, 3.05) is 26.2 Å². The zero-order valence-corrected chi connectivity index (χ0v) is 11.7. The minimum atomic E-state index is -0.125. The van der Waals surface area contributed by atoms with Crippen molar-refractivity contribution in [1.82, 2.24) is 10.2 Å². The van der Waals surface area contributed by atoms with Gasteiger partial charge in [0.15, 0.2) is 0 Å². The number of benzene rings is 1. The van der Waals surface area contributed by atoms with Crippen molar-refractivity contribution in [2.45, 2.75) is 32.9 Å². The van der Waals surface area contributed by atoms with Crippen LogP contribution in [0.1, 0.15) is 26.3 Å². The largest absolute Gasteiger partial charge is 0.488 e. The van der Waals surface area contributed by atoms with Crippen molar-refractivity contribution in [3.8, 4) is 5.75 Å². The molecule has 3 heteroatoms. The van der Waals surface area contributed by atoms with Crippen LogP contribution in [0.15, 0.2) is 24.3 Å². The summed E-state index contributed by atoms with van der Waals surface area (Å²) in [5.41, 5.74) is 1.23. The molecule has 0 saturated carbocycles. The van der Waals surface area contributed by atoms with Crippen LogP contribution >= 0.6 is 0 Å². The van der Waals surface area contributed by atoms with Crippen molar-refractivity contribution < 1.29 is 4.74 Å². The molecule has 1 heterocycles. The van der Waals surface area contributed by atoms with E-state index in [0.29, 0.717) is 0 Å². The number of ether oxygens (including phenoxy) is 1. The zero-order chi connectivity index (χ0) is 13.0. The van der Waals surface area contributed by atoms with Crippen molar-refractivity contribution in [2.24, 2.45) is 0 Å². The van der Waals surface area contributed by atoms with Gasteiger partial charge >= 0.3 is 0 Å². The van der Waals surface area contributed by atoms with Crippen LogP contribution in [0.3, 0.4) is 0 Å². The molecule has 0 aromatic heterocycles. The Labute approximate surface area is 110 Å². The molecule has 1 fully saturated rings. The maximum atomic E-state index is 5.82. The average molecular weight is 248 g/mol. The molecule has 1 aliphatic heterocycles. The second kappa shape index (κ2) is 5.72. The summed E-state index contributed by atoms with van der Waals surface area (Å²) in [5, 5.41) is 3.37. The number of nitrogens with zero attached hydrogens (tertiary/aromatic N) is 1. The maximum absolute atomic E-state index is 5.82. The number of hydrogen-bond donors (Lipinski definition) is 1. The highest BCUT2D eigenvalue weighted by molar-refractivity contribution is 5.27. The van der Waals surface area contributed by atoms with Crippen LogP contribution in [0, 0.1) is 0 Å². The third kappa shape index (κ3) is 4.31. The molecule has 1 aromatic rings. The van der Waals surface area contributed by atoms with E-state index in [1.54, 1.807) is 0 Å². The fourth-order valence-corrected chi connectivity index (χ4v) is 2.14. The van der Waals surface area contributed by atoms with E-state index in [1.807, 2.05) is 0 Å². The van der Waals surface area contributed by atoms with E-state index in [9.17, 15) is 0 Å². The van der Waals surface area contributed by atoms with E-state index in [1.165, 1.54) is 5.56 Å². The molecule has 0 amide bonds. The summed E-state index contributed by atoms with van der Waals surface area (Å²) in [7, 11) is 0. The first-order valence-electron chi connectivity index (χ1n) is 6.74. The van der Waals surface area contributed by atoms with Gasteiger partial charge in [-0.05, 0) is 38.5 Å². The van der Waals surface area contributed by atoms with Gasteiger partial charge in [0.2, 0.25) is 0 Å². The first kappa shape index (κ1) is 13.4. The van der Waals surface area contributed by atoms with Gasteiger partial charge in [-0.3, -0.25) is 4.90 Å². The minimum absolute atomic E-state index is 0.125. The number of hydrogen-bond acceptors (Lipinski definition) is 3. The summed E-state index contributed by atoms with van der Waals surface area (Å²) in [6.07, 6.45) is 0. The molecule has 1 N–H and O–H groups in total. The zero-order valence-electron chi connectivity index (χ0n) is 11.7. The summed E-state index contributed by atoms with van der Waals surface area (Å²) in [6, 6.07) is 8.48. The first-order valence-corrected chi connectivity index (χ1v) is 6.74. The minimum Gasteiger partial charge on any atom is -0.488 e. The first-order chi connectivity index (χ1) is 8.53. The molecule has 0 aliphatic carbocycles. The predicted octanol–water partition coefficient (Wildman–Crippen LogP) is 2.27. The van der Waals surface area contributed by atoms with Gasteiger partial charge in [0.25, 0.3) is 0 Å². The van der Waals surface area contributed by atoms with Crippen molar-refractivity contribution in [3.05, 3.63) is 29.8 Å². The maximum Gasteiger partial charge on any atom is 0.120 e. The van der Waals surface area contributed by atoms with Crippen LogP contribution in [0.2, 0.25) is 0 Å². The van der Waals surface area contributed by atoms with Gasteiger partial charge in [-0.15, -0.1) is 0 Å². The van der Waals surface area contributed by atoms with Crippen molar-refractivity contribution in [1.29, 1.82) is 0 Å². The third-order valence-corrected chi connectivity index (χ3v) is 2.96. The van der Waals surface area contributed by atoms with E-state index in [0.717, 1.165) is 38.5 Å². The van der Waals surface area contributed by atoms with Gasteiger partial charge in [-0.25, -0.2) is 0 Å². The van der Waals surface area contributed by atoms with Crippen LogP contribution in [-0.2, 0) is 6.54 Å². The monoisotopic (exact) mass is 248 g/mol. The highest BCUT2D eigenvalue weighted by atomic mass is 16.5. The molecule has 0 spiro atoms. The van der Waals surface area contributed by atoms with E-state index in [2.05, 4.69) is 55.3 Å². The lowest BCUT2D eigenvalue weighted by atomic mass is 10.1. The van der Waals surface area contributed by atoms with E-state index < -0.39 is 0 Å². The quantitative estimate of drug-likeness (QED) is 0.888. The lowest BCUT2D eigenvalue weighted by Crippen LogP contribution is -2.42. The Kier molecular flexibility index (Phi) is 4.25. The SMILES string of the molecule is CC(C)(C)Oc1ccc(CN2CCNCC2)cc1. The molecule has 3 nitrogen and oxygen atoms in total. The second-order valence-corrected chi connectivity index (χ2v) is 5.88. The van der Waals surface area contributed by atoms with E-state index >= 15 is 0 Å². The molecule has 0 unspecified atom stereocenters. The van der Waals surface area contributed by atoms with Crippen LogP contribution in [0.25, 0.3) is 0 Å². The molecule has 100 valence electrons. The lowest BCUT2D eigenvalue weighted by molar-refractivity contribution is 0.131. The Morgan fingerprint density at radius 3 is 2.28 bits per heavy atom. The average Bonchev–Trinajstić information content (AvgIpc) is 2.31. The van der Waals surface area contributed by atoms with Crippen molar-refractivity contribution >= 4 is 0 Å². The van der Waals surface area contributed by atoms with E-state index in [-0.39, 0.29) is 5.60 Å². The van der Waals surface area contributed by atoms with Crippen molar-refractivity contribution in [3.63, 3.8) is 0 Å². The summed E-state index contributed by atoms with van der Waals surface area (Å²) in [6.45, 7) is 11.7. The molecular weight excluding hydrogens is 224 g/mol. The van der Waals surface area contributed by atoms with Crippen LogP contribution < -0.4 is 10.1 Å². The highest BCUT2D eigenvalue weighted by Gasteiger charge is 2.12. The number of piperazine rings is 1. The van der Waals surface area contributed by atoms with Crippen LogP contribution in [0.4, 0.5) is 0 Å². The van der Waals surface area contributed by atoms with Gasteiger partial charge in [0.1, 0.15) is 11.4 Å². The summed E-state index contributed by atoms with van der Waals surface area (Å²) in [4.78, 5) is 2.48. The summed E-state index contributed by atoms with van der Waals surface area (Å²) in [5.74, 6) is 0.951. The molecule has 0 bridgehead atoms. The Hall–Kier alpha value is -1.06. The smallest absolute Gasteiger partial charge is 0.120 e. The third-order valence-electron chi connectivity index (χ3n) is 2.96. The highest BCUT2D eigenvalue weighted by Crippen LogP contribution is 2.19. The van der Waals surface area contributed by atoms with Gasteiger partial charge in [-0.1, -0.05) is 12.1 Å². The number of nitrogens with one attached hydrogen (secondary N) is 1. The summed E-state index contributed by atoms with van der Waals surface area (Å²) < 4.78 is 5.82. The standard InChI is InChI=1S/C15H24N2O/c1-15(2,3)18-14-6-4-13(5-7-14)12-17-10-8-16-9-11-17/h4-7,16H,8-12H2,1-3H3. The number of rotatable bonds is 3. The molecular formula is C15H24N2O. The Morgan fingerprint density at radius 2 is 1.72 bits per heavy atom. The molecule has 0 radical (unpaired) electrons. The lowest BCUT2D eigenvalue weighted by Gasteiger charge is -2.27. The molecule has 1 aliphatic rings. The second-order valence-electron chi connectivity index (χ2n) is 5.88. The van der Waals surface area contributed by atoms with Crippen LogP contribution in [0.5, 0.6) is 5.75 Å². The fourth-order valence-electron chi connectivity index (χ4n) is 2.14. The molecule has 18 heavy (non-hydrogen) atoms.